The second-order valence-corrected chi connectivity index (χ2v) is 8.63. The quantitative estimate of drug-likeness (QED) is 0.397. The summed E-state index contributed by atoms with van der Waals surface area (Å²) in [7, 11) is -2.14. The molecule has 92 valence electrons. The van der Waals surface area contributed by atoms with Crippen molar-refractivity contribution in [2.45, 2.75) is 31.4 Å². The molecule has 0 unspecified atom stereocenters. The zero-order chi connectivity index (χ0) is 12.0. The summed E-state index contributed by atoms with van der Waals surface area (Å²) in [6.45, 7) is 0. The van der Waals surface area contributed by atoms with Crippen LogP contribution < -0.4 is 0 Å². The van der Waals surface area contributed by atoms with Gasteiger partial charge in [0.05, 0.1) is 12.5 Å². The highest BCUT2D eigenvalue weighted by Gasteiger charge is 2.37. The first kappa shape index (κ1) is 12.7. The maximum Gasteiger partial charge on any atom is 0.294 e. The van der Waals surface area contributed by atoms with Gasteiger partial charge in [-0.3, -0.25) is 0 Å². The minimum Gasteiger partial charge on any atom is -0.317 e. The Hall–Kier alpha value is -1.38. The first-order valence-electron chi connectivity index (χ1n) is 5.09. The van der Waals surface area contributed by atoms with E-state index >= 15 is 0 Å². The molecule has 0 aromatic carbocycles. The highest BCUT2D eigenvalue weighted by molar-refractivity contribution is 6.79. The van der Waals surface area contributed by atoms with Crippen LogP contribution in [-0.4, -0.2) is 30.7 Å². The average Bonchev–Trinajstić information content (AvgIpc) is 2.25. The fourth-order valence-electron chi connectivity index (χ4n) is 2.01. The van der Waals surface area contributed by atoms with E-state index < -0.39 is 18.2 Å². The minimum absolute atomic E-state index is 0.00778. The molecule has 0 N–H and O–H groups in total. The van der Waals surface area contributed by atoms with E-state index in [0.717, 1.165) is 31.4 Å². The minimum atomic E-state index is -2.14. The maximum absolute atomic E-state index is 10.2. The molecule has 1 saturated heterocycles. The Morgan fingerprint density at radius 1 is 0.938 bits per heavy atom. The molecule has 0 bridgehead atoms. The van der Waals surface area contributed by atoms with Crippen molar-refractivity contribution < 1.29 is 19.8 Å². The van der Waals surface area contributed by atoms with Gasteiger partial charge in [-0.2, -0.15) is 0 Å². The molecular formula is C7H14N2O6Si. The summed E-state index contributed by atoms with van der Waals surface area (Å²) in [6, 6.07) is 1.60. The standard InChI is InChI=1S/C7H14N2O6Si/c10-8(11)14-6-16(7-15-9(12)13)4-2-1-3-5-16/h1-7H2. The Kier molecular flexibility index (Phi) is 4.47. The van der Waals surface area contributed by atoms with Gasteiger partial charge >= 0.3 is 0 Å². The Morgan fingerprint density at radius 2 is 1.38 bits per heavy atom. The Bertz CT molecular complexity index is 248. The van der Waals surface area contributed by atoms with Gasteiger partial charge in [-0.1, -0.05) is 31.4 Å². The van der Waals surface area contributed by atoms with E-state index in [4.69, 9.17) is 0 Å². The normalized spacial score (nSPS) is 18.8. The molecule has 16 heavy (non-hydrogen) atoms. The van der Waals surface area contributed by atoms with Crippen LogP contribution in [0.2, 0.25) is 12.1 Å². The third kappa shape index (κ3) is 4.01. The van der Waals surface area contributed by atoms with Gasteiger partial charge in [0.15, 0.2) is 0 Å². The molecule has 9 heteroatoms. The molecule has 0 spiro atoms. The fraction of sp³-hybridized carbons (Fsp3) is 1.00. The van der Waals surface area contributed by atoms with Crippen molar-refractivity contribution in [1.29, 1.82) is 0 Å². The summed E-state index contributed by atoms with van der Waals surface area (Å²) < 4.78 is 0. The van der Waals surface area contributed by atoms with Gasteiger partial charge in [-0.25, -0.2) is 0 Å². The molecule has 1 heterocycles. The second kappa shape index (κ2) is 5.63. The molecule has 1 aliphatic rings. The third-order valence-electron chi connectivity index (χ3n) is 2.87. The summed E-state index contributed by atoms with van der Waals surface area (Å²) in [5.41, 5.74) is 0. The van der Waals surface area contributed by atoms with Crippen LogP contribution in [0.5, 0.6) is 0 Å². The molecule has 8 nitrogen and oxygen atoms in total. The number of rotatable bonds is 6. The maximum atomic E-state index is 10.2. The van der Waals surface area contributed by atoms with E-state index in [2.05, 4.69) is 9.68 Å². The lowest BCUT2D eigenvalue weighted by Crippen LogP contribution is -2.48. The fourth-order valence-corrected chi connectivity index (χ4v) is 5.68. The molecule has 1 fully saturated rings. The highest BCUT2D eigenvalue weighted by atomic mass is 28.3. The van der Waals surface area contributed by atoms with E-state index in [0.29, 0.717) is 0 Å². The van der Waals surface area contributed by atoms with E-state index in [9.17, 15) is 20.2 Å². The van der Waals surface area contributed by atoms with Crippen molar-refractivity contribution in [2.24, 2.45) is 0 Å². The Labute approximate surface area is 92.7 Å². The molecule has 0 aromatic heterocycles. The molecular weight excluding hydrogens is 236 g/mol. The van der Waals surface area contributed by atoms with Crippen molar-refractivity contribution in [3.05, 3.63) is 20.2 Å². The summed E-state index contributed by atoms with van der Waals surface area (Å²) in [4.78, 5) is 29.1. The van der Waals surface area contributed by atoms with E-state index in [1.807, 2.05) is 0 Å². The van der Waals surface area contributed by atoms with Gasteiger partial charge in [-0.15, -0.1) is 20.2 Å². The molecule has 1 rings (SSSR count). The van der Waals surface area contributed by atoms with Crippen molar-refractivity contribution in [1.82, 2.24) is 0 Å². The predicted molar refractivity (Wildman–Crippen MR) is 55.1 cm³/mol. The van der Waals surface area contributed by atoms with Gasteiger partial charge in [0.1, 0.15) is 8.07 Å². The molecule has 0 saturated carbocycles. The van der Waals surface area contributed by atoms with Gasteiger partial charge < -0.3 is 9.68 Å². The van der Waals surface area contributed by atoms with Crippen molar-refractivity contribution >= 4 is 8.07 Å². The lowest BCUT2D eigenvalue weighted by molar-refractivity contribution is -0.757. The zero-order valence-electron chi connectivity index (χ0n) is 8.79. The SMILES string of the molecule is O=[N+]([O-])OC[Si]1(CO[N+](=O)[O-])CCCCC1. The van der Waals surface area contributed by atoms with E-state index in [1.165, 1.54) is 0 Å². The predicted octanol–water partition coefficient (Wildman–Crippen LogP) is 1.11. The molecule has 0 atom stereocenters. The smallest absolute Gasteiger partial charge is 0.294 e. The summed E-state index contributed by atoms with van der Waals surface area (Å²) >= 11 is 0. The topological polar surface area (TPSA) is 105 Å². The van der Waals surface area contributed by atoms with Crippen molar-refractivity contribution in [3.8, 4) is 0 Å². The third-order valence-corrected chi connectivity index (χ3v) is 7.18. The first-order valence-corrected chi connectivity index (χ1v) is 7.92. The number of hydrogen-bond donors (Lipinski definition) is 0. The molecule has 0 aromatic rings. The molecule has 0 aliphatic carbocycles. The van der Waals surface area contributed by atoms with Gasteiger partial charge in [-0.05, 0) is 0 Å². The van der Waals surface area contributed by atoms with Gasteiger partial charge in [0.25, 0.3) is 10.2 Å². The number of hydrogen-bond acceptors (Lipinski definition) is 6. The monoisotopic (exact) mass is 250 g/mol. The van der Waals surface area contributed by atoms with Crippen LogP contribution >= 0.6 is 0 Å². The second-order valence-electron chi connectivity index (χ2n) is 4.05. The van der Waals surface area contributed by atoms with Crippen LogP contribution in [0.3, 0.4) is 0 Å². The first-order chi connectivity index (χ1) is 7.54. The lowest BCUT2D eigenvalue weighted by atomic mass is 10.3. The largest absolute Gasteiger partial charge is 0.317 e. The van der Waals surface area contributed by atoms with Crippen LogP contribution in [0, 0.1) is 20.2 Å². The summed E-state index contributed by atoms with van der Waals surface area (Å²) in [5.74, 6) is 0. The van der Waals surface area contributed by atoms with Crippen LogP contribution in [0.15, 0.2) is 0 Å². The van der Waals surface area contributed by atoms with Crippen LogP contribution in [0.4, 0.5) is 0 Å². The van der Waals surface area contributed by atoms with Crippen LogP contribution in [-0.2, 0) is 9.68 Å². The molecule has 0 radical (unpaired) electrons. The van der Waals surface area contributed by atoms with E-state index in [1.54, 1.807) is 0 Å². The van der Waals surface area contributed by atoms with Crippen molar-refractivity contribution in [3.63, 3.8) is 0 Å². The lowest BCUT2D eigenvalue weighted by Gasteiger charge is -2.32. The average molecular weight is 250 g/mol. The Balaban J connectivity index is 2.52. The highest BCUT2D eigenvalue weighted by Crippen LogP contribution is 2.29. The summed E-state index contributed by atoms with van der Waals surface area (Å²) in [6.07, 6.45) is 3.00. The number of nitrogens with zero attached hydrogens (tertiary/aromatic N) is 2. The van der Waals surface area contributed by atoms with E-state index in [-0.39, 0.29) is 12.5 Å². The zero-order valence-corrected chi connectivity index (χ0v) is 9.79. The Morgan fingerprint density at radius 3 is 1.75 bits per heavy atom. The van der Waals surface area contributed by atoms with Crippen molar-refractivity contribution in [2.75, 3.05) is 12.5 Å². The molecule has 0 amide bonds. The van der Waals surface area contributed by atoms with Gasteiger partial charge in [0, 0.05) is 0 Å². The van der Waals surface area contributed by atoms with Gasteiger partial charge in [0.2, 0.25) is 0 Å². The summed E-state index contributed by atoms with van der Waals surface area (Å²) in [5, 5.41) is 18.6. The van der Waals surface area contributed by atoms with Crippen LogP contribution in [0.25, 0.3) is 0 Å². The van der Waals surface area contributed by atoms with Crippen LogP contribution in [0.1, 0.15) is 19.3 Å². The molecule has 1 aliphatic heterocycles.